The maximum atomic E-state index is 11.8. The molecule has 0 aliphatic carbocycles. The van der Waals surface area contributed by atoms with Crippen LogP contribution in [0, 0.1) is 5.41 Å². The topological polar surface area (TPSA) is 105 Å². The molecule has 0 bridgehead atoms. The van der Waals surface area contributed by atoms with Crippen molar-refractivity contribution < 1.29 is 28.4 Å². The molecule has 0 fully saturated rings. The summed E-state index contributed by atoms with van der Waals surface area (Å²) in [5.41, 5.74) is -1.88. The summed E-state index contributed by atoms with van der Waals surface area (Å²) in [5, 5.41) is 12.6. The van der Waals surface area contributed by atoms with Crippen LogP contribution in [-0.4, -0.2) is 45.2 Å². The number of carbonyl (C=O) groups is 1. The summed E-state index contributed by atoms with van der Waals surface area (Å²) in [6, 6.07) is 0. The first-order valence-corrected chi connectivity index (χ1v) is 9.53. The average molecular weight is 437 g/mol. The zero-order valence-corrected chi connectivity index (χ0v) is 16.1. The fourth-order valence-corrected chi connectivity index (χ4v) is 2.83. The van der Waals surface area contributed by atoms with Gasteiger partial charge in [0.2, 0.25) is 5.91 Å². The third-order valence-electron chi connectivity index (χ3n) is 2.37. The zero-order valence-electron chi connectivity index (χ0n) is 13.1. The number of phosphoric acid groups is 1. The Hall–Kier alpha value is 0.270. The second-order valence-electron chi connectivity index (χ2n) is 6.32. The highest BCUT2D eigenvalue weighted by Crippen LogP contribution is 2.48. The summed E-state index contributed by atoms with van der Waals surface area (Å²) >= 11 is 2.10. The molecule has 2 unspecified atom stereocenters. The highest BCUT2D eigenvalue weighted by atomic mass is 127. The Bertz CT molecular complexity index is 396. The SMILES string of the molecule is CC(C)(C)OP(=O)(O)OCC(C)(C)C(O)C(=O)NCCI. The van der Waals surface area contributed by atoms with Crippen molar-refractivity contribution in [1.29, 1.82) is 0 Å². The molecule has 0 radical (unpaired) electrons. The number of aliphatic hydroxyl groups is 1. The molecule has 3 N–H and O–H groups in total. The number of phosphoric ester groups is 1. The van der Waals surface area contributed by atoms with Crippen LogP contribution in [0.3, 0.4) is 0 Å². The summed E-state index contributed by atoms with van der Waals surface area (Å²) < 4.78 is 22.3. The van der Waals surface area contributed by atoms with E-state index in [1.54, 1.807) is 34.6 Å². The number of amides is 1. The maximum absolute atomic E-state index is 11.8. The van der Waals surface area contributed by atoms with Gasteiger partial charge in [0.25, 0.3) is 0 Å². The van der Waals surface area contributed by atoms with Crippen molar-refractivity contribution in [3.63, 3.8) is 0 Å². The van der Waals surface area contributed by atoms with E-state index in [0.717, 1.165) is 4.43 Å². The number of nitrogens with one attached hydrogen (secondary N) is 1. The lowest BCUT2D eigenvalue weighted by molar-refractivity contribution is -0.136. The second-order valence-corrected chi connectivity index (χ2v) is 8.77. The van der Waals surface area contributed by atoms with E-state index in [1.807, 2.05) is 0 Å². The fraction of sp³-hybridized carbons (Fsp3) is 0.917. The van der Waals surface area contributed by atoms with E-state index in [-0.39, 0.29) is 6.61 Å². The number of halogens is 1. The van der Waals surface area contributed by atoms with Crippen molar-refractivity contribution in [2.75, 3.05) is 17.6 Å². The zero-order chi connectivity index (χ0) is 16.9. The Morgan fingerprint density at radius 3 is 2.29 bits per heavy atom. The molecule has 0 heterocycles. The highest BCUT2D eigenvalue weighted by molar-refractivity contribution is 14.1. The standard InChI is InChI=1S/C12H25INO6P/c1-11(2,3)20-21(17,18)19-8-12(4,5)9(15)10(16)14-7-6-13/h9,15H,6-8H2,1-5H3,(H,14,16)(H,17,18). The molecule has 126 valence electrons. The number of alkyl halides is 1. The summed E-state index contributed by atoms with van der Waals surface area (Å²) in [7, 11) is -4.25. The average Bonchev–Trinajstić information content (AvgIpc) is 2.30. The Labute approximate surface area is 139 Å². The molecule has 2 atom stereocenters. The van der Waals surface area contributed by atoms with Crippen molar-refractivity contribution in [2.24, 2.45) is 5.41 Å². The molecule has 0 aliphatic heterocycles. The molecular formula is C12H25INO6P. The molecule has 0 aromatic carbocycles. The third-order valence-corrected chi connectivity index (χ3v) is 4.14. The van der Waals surface area contributed by atoms with Crippen LogP contribution in [0.15, 0.2) is 0 Å². The number of carbonyl (C=O) groups excluding carboxylic acids is 1. The first-order chi connectivity index (χ1) is 9.31. The van der Waals surface area contributed by atoms with Crippen molar-refractivity contribution in [1.82, 2.24) is 5.32 Å². The van der Waals surface area contributed by atoms with Gasteiger partial charge in [-0.3, -0.25) is 13.8 Å². The molecule has 21 heavy (non-hydrogen) atoms. The summed E-state index contributed by atoms with van der Waals surface area (Å²) in [4.78, 5) is 21.3. The molecule has 0 aliphatic rings. The van der Waals surface area contributed by atoms with E-state index in [9.17, 15) is 19.4 Å². The van der Waals surface area contributed by atoms with Crippen molar-refractivity contribution in [3.05, 3.63) is 0 Å². The van der Waals surface area contributed by atoms with Crippen molar-refractivity contribution in [2.45, 2.75) is 46.3 Å². The highest BCUT2D eigenvalue weighted by Gasteiger charge is 2.37. The molecule has 0 aromatic rings. The van der Waals surface area contributed by atoms with Gasteiger partial charge in [-0.2, -0.15) is 0 Å². The van der Waals surface area contributed by atoms with Crippen LogP contribution < -0.4 is 5.32 Å². The van der Waals surface area contributed by atoms with Gasteiger partial charge in [0.15, 0.2) is 0 Å². The van der Waals surface area contributed by atoms with Crippen LogP contribution in [0.4, 0.5) is 0 Å². The molecule has 0 spiro atoms. The third kappa shape index (κ3) is 9.10. The first kappa shape index (κ1) is 21.3. The molecule has 0 rings (SSSR count). The van der Waals surface area contributed by atoms with Gasteiger partial charge in [-0.1, -0.05) is 36.4 Å². The minimum atomic E-state index is -4.25. The minimum absolute atomic E-state index is 0.296. The van der Waals surface area contributed by atoms with Crippen LogP contribution in [0.1, 0.15) is 34.6 Å². The lowest BCUT2D eigenvalue weighted by Gasteiger charge is -2.31. The van der Waals surface area contributed by atoms with Gasteiger partial charge in [0, 0.05) is 16.4 Å². The smallest absolute Gasteiger partial charge is 0.383 e. The van der Waals surface area contributed by atoms with Crippen LogP contribution in [0.5, 0.6) is 0 Å². The van der Waals surface area contributed by atoms with E-state index in [4.69, 9.17) is 9.05 Å². The lowest BCUT2D eigenvalue weighted by atomic mass is 9.87. The Morgan fingerprint density at radius 1 is 1.33 bits per heavy atom. The summed E-state index contributed by atoms with van der Waals surface area (Å²) in [6.07, 6.45) is -1.35. The van der Waals surface area contributed by atoms with Gasteiger partial charge in [0.05, 0.1) is 12.2 Å². The second kappa shape index (κ2) is 8.21. The quantitative estimate of drug-likeness (QED) is 0.304. The monoisotopic (exact) mass is 437 g/mol. The fourth-order valence-electron chi connectivity index (χ4n) is 1.32. The summed E-state index contributed by atoms with van der Waals surface area (Å²) in [6.45, 7) is 8.15. The van der Waals surface area contributed by atoms with Crippen LogP contribution >= 0.6 is 30.4 Å². The molecule has 0 saturated carbocycles. The van der Waals surface area contributed by atoms with E-state index in [1.165, 1.54) is 0 Å². The number of hydrogen-bond donors (Lipinski definition) is 3. The molecule has 9 heteroatoms. The summed E-state index contributed by atoms with van der Waals surface area (Å²) in [5.74, 6) is -0.537. The van der Waals surface area contributed by atoms with E-state index >= 15 is 0 Å². The molecule has 0 aromatic heterocycles. The van der Waals surface area contributed by atoms with Crippen LogP contribution in [-0.2, 0) is 18.4 Å². The molecule has 0 saturated heterocycles. The molecule has 7 nitrogen and oxygen atoms in total. The normalized spacial score (nSPS) is 17.1. The van der Waals surface area contributed by atoms with Gasteiger partial charge < -0.3 is 15.3 Å². The minimum Gasteiger partial charge on any atom is -0.383 e. The number of rotatable bonds is 8. The van der Waals surface area contributed by atoms with E-state index < -0.39 is 30.8 Å². The Kier molecular flexibility index (Phi) is 8.32. The largest absolute Gasteiger partial charge is 0.472 e. The van der Waals surface area contributed by atoms with Gasteiger partial charge >= 0.3 is 7.82 Å². The van der Waals surface area contributed by atoms with Gasteiger partial charge in [-0.15, -0.1) is 0 Å². The predicted molar refractivity (Wildman–Crippen MR) is 88.3 cm³/mol. The molecule has 1 amide bonds. The first-order valence-electron chi connectivity index (χ1n) is 6.50. The van der Waals surface area contributed by atoms with Gasteiger partial charge in [0.1, 0.15) is 6.10 Å². The number of aliphatic hydroxyl groups excluding tert-OH is 1. The van der Waals surface area contributed by atoms with Gasteiger partial charge in [-0.05, 0) is 20.8 Å². The Morgan fingerprint density at radius 2 is 1.86 bits per heavy atom. The van der Waals surface area contributed by atoms with Crippen molar-refractivity contribution >= 4 is 36.3 Å². The Balaban J connectivity index is 4.60. The van der Waals surface area contributed by atoms with E-state index in [2.05, 4.69) is 27.9 Å². The van der Waals surface area contributed by atoms with Crippen molar-refractivity contribution in [3.8, 4) is 0 Å². The number of hydrogen-bond acceptors (Lipinski definition) is 5. The van der Waals surface area contributed by atoms with Crippen LogP contribution in [0.25, 0.3) is 0 Å². The lowest BCUT2D eigenvalue weighted by Crippen LogP contribution is -2.46. The van der Waals surface area contributed by atoms with E-state index in [0.29, 0.717) is 6.54 Å². The van der Waals surface area contributed by atoms with Gasteiger partial charge in [-0.25, -0.2) is 4.57 Å². The van der Waals surface area contributed by atoms with Crippen LogP contribution in [0.2, 0.25) is 0 Å². The maximum Gasteiger partial charge on any atom is 0.472 e. The predicted octanol–water partition coefficient (Wildman–Crippen LogP) is 1.86. The molecular weight excluding hydrogens is 412 g/mol.